The number of thiophene rings is 1. The molecule has 6 nitrogen and oxygen atoms in total. The fraction of sp³-hybridized carbons (Fsp3) is 0.148. The standard InChI is InChI=1S/C27H23N3O3S2/c1-16-8-7-9-17(2)24(16)28-22(31)15-35-27-29-25-23(20(14-34-25)21-13-12-18(3)33-21)26(32)30(27)19-10-5-4-6-11-19/h4-14H,15H2,1-3H3,(H,28,31). The number of benzene rings is 2. The van der Waals surface area contributed by atoms with Crippen LogP contribution in [-0.2, 0) is 4.79 Å². The molecule has 8 heteroatoms. The number of anilines is 1. The van der Waals surface area contributed by atoms with Crippen molar-refractivity contribution in [3.05, 3.63) is 93.3 Å². The summed E-state index contributed by atoms with van der Waals surface area (Å²) in [5, 5.41) is 5.88. The first-order valence-electron chi connectivity index (χ1n) is 11.1. The summed E-state index contributed by atoms with van der Waals surface area (Å²) >= 11 is 2.63. The lowest BCUT2D eigenvalue weighted by Gasteiger charge is -2.14. The number of thioether (sulfide) groups is 1. The lowest BCUT2D eigenvalue weighted by atomic mass is 10.1. The molecule has 0 bridgehead atoms. The van der Waals surface area contributed by atoms with E-state index in [-0.39, 0.29) is 17.2 Å². The fourth-order valence-corrected chi connectivity index (χ4v) is 5.73. The second kappa shape index (κ2) is 9.56. The first-order valence-corrected chi connectivity index (χ1v) is 12.9. The molecule has 5 rings (SSSR count). The van der Waals surface area contributed by atoms with Crippen LogP contribution in [0.15, 0.2) is 80.4 Å². The molecule has 1 N–H and O–H groups in total. The molecule has 3 aromatic heterocycles. The SMILES string of the molecule is Cc1ccc(-c2csc3nc(SCC(=O)Nc4c(C)cccc4C)n(-c4ccccc4)c(=O)c23)o1. The van der Waals surface area contributed by atoms with Gasteiger partial charge in [0, 0.05) is 16.6 Å². The van der Waals surface area contributed by atoms with Crippen molar-refractivity contribution in [2.45, 2.75) is 25.9 Å². The first kappa shape index (κ1) is 23.1. The first-order chi connectivity index (χ1) is 16.9. The van der Waals surface area contributed by atoms with E-state index >= 15 is 0 Å². The molecule has 0 fully saturated rings. The number of rotatable bonds is 6. The Hall–Kier alpha value is -3.62. The number of furan rings is 1. The number of nitrogens with zero attached hydrogens (tertiary/aromatic N) is 2. The zero-order valence-electron chi connectivity index (χ0n) is 19.5. The van der Waals surface area contributed by atoms with Crippen molar-refractivity contribution in [1.29, 1.82) is 0 Å². The quantitative estimate of drug-likeness (QED) is 0.216. The maximum atomic E-state index is 13.8. The second-order valence-electron chi connectivity index (χ2n) is 8.21. The van der Waals surface area contributed by atoms with Crippen LogP contribution in [0.2, 0.25) is 0 Å². The number of aryl methyl sites for hydroxylation is 3. The van der Waals surface area contributed by atoms with Gasteiger partial charge in [-0.2, -0.15) is 0 Å². The number of hydrogen-bond acceptors (Lipinski definition) is 6. The van der Waals surface area contributed by atoms with Crippen molar-refractivity contribution >= 4 is 44.9 Å². The summed E-state index contributed by atoms with van der Waals surface area (Å²) in [7, 11) is 0. The Morgan fingerprint density at radius 2 is 1.77 bits per heavy atom. The average molecular weight is 502 g/mol. The van der Waals surface area contributed by atoms with E-state index in [4.69, 9.17) is 9.40 Å². The number of para-hydroxylation sites is 2. The largest absolute Gasteiger partial charge is 0.461 e. The van der Waals surface area contributed by atoms with Crippen molar-refractivity contribution in [2.75, 3.05) is 11.1 Å². The molecule has 0 atom stereocenters. The molecule has 0 aliphatic rings. The van der Waals surface area contributed by atoms with Gasteiger partial charge in [0.1, 0.15) is 16.4 Å². The van der Waals surface area contributed by atoms with Crippen molar-refractivity contribution < 1.29 is 9.21 Å². The monoisotopic (exact) mass is 501 g/mol. The minimum Gasteiger partial charge on any atom is -0.461 e. The maximum Gasteiger partial charge on any atom is 0.268 e. The number of hydrogen-bond donors (Lipinski definition) is 1. The van der Waals surface area contributed by atoms with Crippen molar-refractivity contribution in [2.24, 2.45) is 0 Å². The Balaban J connectivity index is 1.53. The highest BCUT2D eigenvalue weighted by Crippen LogP contribution is 2.34. The van der Waals surface area contributed by atoms with Gasteiger partial charge in [-0.3, -0.25) is 14.2 Å². The van der Waals surface area contributed by atoms with Gasteiger partial charge in [0.05, 0.1) is 16.8 Å². The van der Waals surface area contributed by atoms with Crippen LogP contribution < -0.4 is 10.9 Å². The summed E-state index contributed by atoms with van der Waals surface area (Å²) in [6, 6.07) is 19.0. The third-order valence-corrected chi connectivity index (χ3v) is 7.49. The minimum absolute atomic E-state index is 0.119. The summed E-state index contributed by atoms with van der Waals surface area (Å²) in [5.41, 5.74) is 4.05. The molecule has 0 saturated carbocycles. The molecule has 0 spiro atoms. The lowest BCUT2D eigenvalue weighted by Crippen LogP contribution is -2.23. The predicted molar refractivity (Wildman–Crippen MR) is 143 cm³/mol. The highest BCUT2D eigenvalue weighted by molar-refractivity contribution is 7.99. The molecule has 0 saturated heterocycles. The van der Waals surface area contributed by atoms with Gasteiger partial charge in [0.2, 0.25) is 5.91 Å². The van der Waals surface area contributed by atoms with E-state index in [0.29, 0.717) is 26.8 Å². The third kappa shape index (κ3) is 4.54. The van der Waals surface area contributed by atoms with Gasteiger partial charge >= 0.3 is 0 Å². The van der Waals surface area contributed by atoms with Gasteiger partial charge < -0.3 is 9.73 Å². The lowest BCUT2D eigenvalue weighted by molar-refractivity contribution is -0.113. The molecule has 5 aromatic rings. The Morgan fingerprint density at radius 3 is 2.46 bits per heavy atom. The van der Waals surface area contributed by atoms with Gasteiger partial charge in [0.25, 0.3) is 5.56 Å². The van der Waals surface area contributed by atoms with Crippen LogP contribution >= 0.6 is 23.1 Å². The highest BCUT2D eigenvalue weighted by Gasteiger charge is 2.20. The molecule has 35 heavy (non-hydrogen) atoms. The van der Waals surface area contributed by atoms with Crippen LogP contribution in [0, 0.1) is 20.8 Å². The highest BCUT2D eigenvalue weighted by atomic mass is 32.2. The molecule has 0 aliphatic heterocycles. The molecule has 3 heterocycles. The summed E-state index contributed by atoms with van der Waals surface area (Å²) in [6.45, 7) is 5.80. The Bertz CT molecular complexity index is 1580. The van der Waals surface area contributed by atoms with Gasteiger partial charge in [-0.05, 0) is 56.2 Å². The van der Waals surface area contributed by atoms with Crippen molar-refractivity contribution in [3.63, 3.8) is 0 Å². The van der Waals surface area contributed by atoms with Gasteiger partial charge in [-0.1, -0.05) is 48.2 Å². The van der Waals surface area contributed by atoms with E-state index in [1.54, 1.807) is 4.57 Å². The second-order valence-corrected chi connectivity index (χ2v) is 10.0. The van der Waals surface area contributed by atoms with Crippen molar-refractivity contribution in [1.82, 2.24) is 9.55 Å². The number of nitrogens with one attached hydrogen (secondary N) is 1. The normalized spacial score (nSPS) is 11.2. The van der Waals surface area contributed by atoms with Gasteiger partial charge in [-0.25, -0.2) is 4.98 Å². The molecular weight excluding hydrogens is 478 g/mol. The maximum absolute atomic E-state index is 13.8. The molecule has 0 unspecified atom stereocenters. The summed E-state index contributed by atoms with van der Waals surface area (Å²) in [6.07, 6.45) is 0. The predicted octanol–water partition coefficient (Wildman–Crippen LogP) is 6.36. The zero-order valence-corrected chi connectivity index (χ0v) is 21.1. The summed E-state index contributed by atoms with van der Waals surface area (Å²) < 4.78 is 7.37. The Kier molecular flexibility index (Phi) is 6.32. The zero-order chi connectivity index (χ0) is 24.5. The molecule has 176 valence electrons. The summed E-state index contributed by atoms with van der Waals surface area (Å²) in [4.78, 5) is 32.0. The van der Waals surface area contributed by atoms with E-state index < -0.39 is 0 Å². The van der Waals surface area contributed by atoms with E-state index in [2.05, 4.69) is 5.32 Å². The number of carbonyl (C=O) groups excluding carboxylic acids is 1. The van der Waals surface area contributed by atoms with E-state index in [9.17, 15) is 9.59 Å². The molecule has 0 radical (unpaired) electrons. The smallest absolute Gasteiger partial charge is 0.268 e. The number of amides is 1. The average Bonchev–Trinajstić information content (AvgIpc) is 3.47. The van der Waals surface area contributed by atoms with Crippen LogP contribution in [0.4, 0.5) is 5.69 Å². The number of fused-ring (bicyclic) bond motifs is 1. The van der Waals surface area contributed by atoms with Crippen LogP contribution in [0.1, 0.15) is 16.9 Å². The van der Waals surface area contributed by atoms with Crippen LogP contribution in [0.3, 0.4) is 0 Å². The molecule has 1 amide bonds. The third-order valence-electron chi connectivity index (χ3n) is 5.68. The minimum atomic E-state index is -0.191. The molecule has 0 aliphatic carbocycles. The Morgan fingerprint density at radius 1 is 1.03 bits per heavy atom. The number of carbonyl (C=O) groups is 1. The molecule has 2 aromatic carbocycles. The topological polar surface area (TPSA) is 77.1 Å². The van der Waals surface area contributed by atoms with Crippen LogP contribution in [0.5, 0.6) is 0 Å². The Labute approximate surface area is 210 Å². The number of aromatic nitrogens is 2. The van der Waals surface area contributed by atoms with Crippen LogP contribution in [0.25, 0.3) is 27.2 Å². The summed E-state index contributed by atoms with van der Waals surface area (Å²) in [5.74, 6) is 1.38. The van der Waals surface area contributed by atoms with E-state index in [1.165, 1.54) is 23.1 Å². The van der Waals surface area contributed by atoms with E-state index in [0.717, 1.165) is 28.1 Å². The van der Waals surface area contributed by atoms with E-state index in [1.807, 2.05) is 86.8 Å². The van der Waals surface area contributed by atoms with Crippen LogP contribution in [-0.4, -0.2) is 21.2 Å². The van der Waals surface area contributed by atoms with Crippen molar-refractivity contribution in [3.8, 4) is 17.0 Å². The molecular formula is C27H23N3O3S2. The fourth-order valence-electron chi connectivity index (χ4n) is 3.95. The van der Waals surface area contributed by atoms with Gasteiger partial charge in [0.15, 0.2) is 5.16 Å². The van der Waals surface area contributed by atoms with Gasteiger partial charge in [-0.15, -0.1) is 11.3 Å².